The minimum Gasteiger partial charge on any atom is -0.395 e. The lowest BCUT2D eigenvalue weighted by Crippen LogP contribution is -2.37. The Balaban J connectivity index is 3.72. The minimum atomic E-state index is 0.293. The van der Waals surface area contributed by atoms with Gasteiger partial charge in [-0.05, 0) is 32.9 Å². The van der Waals surface area contributed by atoms with Crippen molar-refractivity contribution in [3.8, 4) is 0 Å². The van der Waals surface area contributed by atoms with E-state index in [1.165, 1.54) is 51.4 Å². The van der Waals surface area contributed by atoms with E-state index in [-0.39, 0.29) is 0 Å². The lowest BCUT2D eigenvalue weighted by molar-refractivity contribution is 0.130. The molecule has 2 nitrogen and oxygen atoms in total. The maximum atomic E-state index is 9.27. The molecule has 1 atom stereocenters. The van der Waals surface area contributed by atoms with Crippen molar-refractivity contribution in [3.05, 3.63) is 0 Å². The summed E-state index contributed by atoms with van der Waals surface area (Å²) in [4.78, 5) is 2.46. The molecule has 0 heterocycles. The molecule has 1 unspecified atom stereocenters. The van der Waals surface area contributed by atoms with Crippen LogP contribution >= 0.6 is 0 Å². The van der Waals surface area contributed by atoms with Crippen molar-refractivity contribution in [2.75, 3.05) is 19.7 Å². The summed E-state index contributed by atoms with van der Waals surface area (Å²) < 4.78 is 0. The van der Waals surface area contributed by atoms with Gasteiger partial charge in [0.05, 0.1) is 6.61 Å². The molecule has 104 valence electrons. The van der Waals surface area contributed by atoms with Crippen molar-refractivity contribution < 1.29 is 5.11 Å². The number of rotatable bonds is 12. The van der Waals surface area contributed by atoms with Gasteiger partial charge in [-0.25, -0.2) is 0 Å². The Kier molecular flexibility index (Phi) is 12.3. The number of hydrogen-bond donors (Lipinski definition) is 1. The molecule has 0 aliphatic carbocycles. The molecule has 0 aromatic heterocycles. The minimum absolute atomic E-state index is 0.293. The van der Waals surface area contributed by atoms with Gasteiger partial charge in [-0.15, -0.1) is 0 Å². The fraction of sp³-hybridized carbons (Fsp3) is 1.00. The van der Waals surface area contributed by atoms with E-state index in [0.29, 0.717) is 12.6 Å². The van der Waals surface area contributed by atoms with Crippen LogP contribution < -0.4 is 0 Å². The molecule has 0 saturated carbocycles. The Bertz CT molecular complexity index is 138. The first kappa shape index (κ1) is 16.9. The molecule has 2 heteroatoms. The Morgan fingerprint density at radius 2 is 1.29 bits per heavy atom. The van der Waals surface area contributed by atoms with Crippen LogP contribution in [0.3, 0.4) is 0 Å². The number of unbranched alkanes of at least 4 members (excludes halogenated alkanes) is 6. The summed E-state index contributed by atoms with van der Waals surface area (Å²) in [5.41, 5.74) is 0. The van der Waals surface area contributed by atoms with Crippen LogP contribution in [0.15, 0.2) is 0 Å². The number of hydrogen-bond acceptors (Lipinski definition) is 2. The summed E-state index contributed by atoms with van der Waals surface area (Å²) in [6, 6.07) is 0.332. The average Bonchev–Trinajstić information content (AvgIpc) is 2.36. The van der Waals surface area contributed by atoms with E-state index in [2.05, 4.69) is 25.7 Å². The Morgan fingerprint density at radius 1 is 0.824 bits per heavy atom. The molecule has 0 amide bonds. The van der Waals surface area contributed by atoms with Gasteiger partial charge in [0, 0.05) is 6.04 Å². The third kappa shape index (κ3) is 9.61. The van der Waals surface area contributed by atoms with Gasteiger partial charge < -0.3 is 5.11 Å². The van der Waals surface area contributed by atoms with Crippen LogP contribution in [0.25, 0.3) is 0 Å². The van der Waals surface area contributed by atoms with E-state index >= 15 is 0 Å². The van der Waals surface area contributed by atoms with E-state index in [1.54, 1.807) is 0 Å². The largest absolute Gasteiger partial charge is 0.395 e. The number of aliphatic hydroxyl groups excluding tert-OH is 1. The fourth-order valence-electron chi connectivity index (χ4n) is 2.15. The van der Waals surface area contributed by atoms with Gasteiger partial charge in [0.2, 0.25) is 0 Å². The van der Waals surface area contributed by atoms with Crippen LogP contribution in [-0.2, 0) is 0 Å². The second-order valence-corrected chi connectivity index (χ2v) is 5.19. The zero-order chi connectivity index (χ0) is 12.9. The molecule has 0 radical (unpaired) electrons. The Morgan fingerprint density at radius 3 is 1.65 bits per heavy atom. The summed E-state index contributed by atoms with van der Waals surface area (Å²) >= 11 is 0. The fourth-order valence-corrected chi connectivity index (χ4v) is 2.15. The molecule has 0 fully saturated rings. The van der Waals surface area contributed by atoms with Crippen LogP contribution in [0.4, 0.5) is 0 Å². The van der Waals surface area contributed by atoms with Gasteiger partial charge in [-0.2, -0.15) is 0 Å². The zero-order valence-corrected chi connectivity index (χ0v) is 12.2. The first-order chi connectivity index (χ1) is 8.26. The van der Waals surface area contributed by atoms with Gasteiger partial charge in [0.15, 0.2) is 0 Å². The van der Waals surface area contributed by atoms with Gasteiger partial charge in [0.25, 0.3) is 0 Å². The summed E-state index contributed by atoms with van der Waals surface area (Å²) in [5.74, 6) is 0. The van der Waals surface area contributed by atoms with Crippen LogP contribution in [0.1, 0.15) is 72.1 Å². The van der Waals surface area contributed by atoms with Gasteiger partial charge in [0.1, 0.15) is 0 Å². The van der Waals surface area contributed by atoms with Crippen molar-refractivity contribution in [1.82, 2.24) is 4.90 Å². The molecule has 0 bridgehead atoms. The predicted octanol–water partition coefficient (Wildman–Crippen LogP) is 3.83. The highest BCUT2D eigenvalue weighted by Gasteiger charge is 2.11. The highest BCUT2D eigenvalue weighted by molar-refractivity contribution is 4.66. The average molecular weight is 243 g/mol. The quantitative estimate of drug-likeness (QED) is 0.527. The smallest absolute Gasteiger partial charge is 0.0584 e. The topological polar surface area (TPSA) is 23.5 Å². The van der Waals surface area contributed by atoms with E-state index in [1.807, 2.05) is 0 Å². The zero-order valence-electron chi connectivity index (χ0n) is 12.2. The molecular formula is C15H33NO. The third-order valence-corrected chi connectivity index (χ3v) is 3.49. The van der Waals surface area contributed by atoms with Crippen molar-refractivity contribution in [2.24, 2.45) is 0 Å². The van der Waals surface area contributed by atoms with Crippen molar-refractivity contribution in [3.63, 3.8) is 0 Å². The summed E-state index contributed by atoms with van der Waals surface area (Å²) in [6.07, 6.45) is 10.5. The van der Waals surface area contributed by atoms with Crippen molar-refractivity contribution >= 4 is 0 Å². The van der Waals surface area contributed by atoms with E-state index in [9.17, 15) is 5.11 Å². The molecule has 0 spiro atoms. The Hall–Kier alpha value is -0.0800. The molecule has 0 aromatic carbocycles. The molecule has 0 aliphatic heterocycles. The second kappa shape index (κ2) is 12.4. The van der Waals surface area contributed by atoms with Crippen molar-refractivity contribution in [1.29, 1.82) is 0 Å². The number of nitrogens with zero attached hydrogens (tertiary/aromatic N) is 1. The van der Waals surface area contributed by atoms with E-state index in [4.69, 9.17) is 0 Å². The van der Waals surface area contributed by atoms with Crippen LogP contribution in [-0.4, -0.2) is 35.7 Å². The maximum absolute atomic E-state index is 9.27. The lowest BCUT2D eigenvalue weighted by Gasteiger charge is -2.27. The monoisotopic (exact) mass is 243 g/mol. The van der Waals surface area contributed by atoms with Gasteiger partial charge in [-0.1, -0.05) is 52.4 Å². The highest BCUT2D eigenvalue weighted by atomic mass is 16.3. The SMILES string of the molecule is CCCCCCN(CCCCCC)C(C)CO. The van der Waals surface area contributed by atoms with Gasteiger partial charge >= 0.3 is 0 Å². The number of aliphatic hydroxyl groups is 1. The maximum Gasteiger partial charge on any atom is 0.0584 e. The lowest BCUT2D eigenvalue weighted by atomic mass is 10.1. The first-order valence-electron chi connectivity index (χ1n) is 7.61. The van der Waals surface area contributed by atoms with E-state index in [0.717, 1.165) is 13.1 Å². The summed E-state index contributed by atoms with van der Waals surface area (Å²) in [5, 5.41) is 9.27. The standard InChI is InChI=1S/C15H33NO/c1-4-6-8-10-12-16(15(3)14-17)13-11-9-7-5-2/h15,17H,4-14H2,1-3H3. The molecule has 0 aliphatic rings. The van der Waals surface area contributed by atoms with Crippen LogP contribution in [0.5, 0.6) is 0 Å². The molecule has 0 rings (SSSR count). The van der Waals surface area contributed by atoms with Crippen molar-refractivity contribution in [2.45, 2.75) is 78.2 Å². The highest BCUT2D eigenvalue weighted by Crippen LogP contribution is 2.08. The Labute approximate surface area is 108 Å². The molecule has 0 saturated heterocycles. The molecule has 0 aromatic rings. The molecule has 1 N–H and O–H groups in total. The summed E-state index contributed by atoms with van der Waals surface area (Å²) in [7, 11) is 0. The normalized spacial score (nSPS) is 13.2. The van der Waals surface area contributed by atoms with Gasteiger partial charge in [-0.3, -0.25) is 4.90 Å². The summed E-state index contributed by atoms with van der Waals surface area (Å²) in [6.45, 7) is 9.25. The second-order valence-electron chi connectivity index (χ2n) is 5.19. The molecule has 17 heavy (non-hydrogen) atoms. The molecular weight excluding hydrogens is 210 g/mol. The van der Waals surface area contributed by atoms with E-state index < -0.39 is 0 Å². The third-order valence-electron chi connectivity index (χ3n) is 3.49. The van der Waals surface area contributed by atoms with Crippen LogP contribution in [0.2, 0.25) is 0 Å². The first-order valence-corrected chi connectivity index (χ1v) is 7.61. The van der Waals surface area contributed by atoms with Crippen LogP contribution in [0, 0.1) is 0 Å². The predicted molar refractivity (Wildman–Crippen MR) is 76.4 cm³/mol.